The monoisotopic (exact) mass is 241 g/mol. The van der Waals surface area contributed by atoms with E-state index < -0.39 is 11.7 Å². The quantitative estimate of drug-likeness (QED) is 0.842. The Kier molecular flexibility index (Phi) is 3.97. The van der Waals surface area contributed by atoms with Crippen molar-refractivity contribution in [2.24, 2.45) is 0 Å². The molecule has 0 fully saturated rings. The third kappa shape index (κ3) is 4.23. The molecule has 0 unspecified atom stereocenters. The van der Waals surface area contributed by atoms with E-state index in [1.807, 2.05) is 32.2 Å². The van der Waals surface area contributed by atoms with Crippen LogP contribution in [0.15, 0.2) is 11.4 Å². The van der Waals surface area contributed by atoms with E-state index in [4.69, 9.17) is 4.74 Å². The zero-order valence-electron chi connectivity index (χ0n) is 10.5. The molecule has 16 heavy (non-hydrogen) atoms. The Labute approximate surface area is 101 Å². The zero-order chi connectivity index (χ0) is 12.3. The number of rotatable bonds is 2. The first-order valence-corrected chi connectivity index (χ1v) is 6.24. The molecule has 1 aromatic rings. The number of thiophene rings is 1. The molecule has 0 spiro atoms. The molecule has 1 rings (SSSR count). The lowest BCUT2D eigenvalue weighted by atomic mass is 10.2. The Morgan fingerprint density at radius 3 is 2.50 bits per heavy atom. The second kappa shape index (κ2) is 4.87. The summed E-state index contributed by atoms with van der Waals surface area (Å²) >= 11 is 1.65. The van der Waals surface area contributed by atoms with E-state index in [1.165, 1.54) is 4.88 Å². The summed E-state index contributed by atoms with van der Waals surface area (Å²) in [6, 6.07) is 1.99. The number of anilines is 1. The minimum Gasteiger partial charge on any atom is -0.444 e. The number of carbonyl (C=O) groups excluding carboxylic acids is 1. The number of hydrogen-bond acceptors (Lipinski definition) is 3. The van der Waals surface area contributed by atoms with E-state index in [9.17, 15) is 4.79 Å². The predicted molar refractivity (Wildman–Crippen MR) is 68.3 cm³/mol. The van der Waals surface area contributed by atoms with Crippen molar-refractivity contribution in [3.05, 3.63) is 16.3 Å². The maximum Gasteiger partial charge on any atom is 0.412 e. The molecule has 1 N–H and O–H groups in total. The van der Waals surface area contributed by atoms with Crippen LogP contribution in [0, 0.1) is 0 Å². The molecule has 1 amide bonds. The van der Waals surface area contributed by atoms with Gasteiger partial charge >= 0.3 is 6.09 Å². The van der Waals surface area contributed by atoms with Gasteiger partial charge in [-0.2, -0.15) is 0 Å². The molecule has 0 bridgehead atoms. The highest BCUT2D eigenvalue weighted by Crippen LogP contribution is 2.26. The Hall–Kier alpha value is -1.03. The Morgan fingerprint density at radius 1 is 1.44 bits per heavy atom. The molecule has 0 aliphatic heterocycles. The van der Waals surface area contributed by atoms with Crippen LogP contribution in [0.5, 0.6) is 0 Å². The van der Waals surface area contributed by atoms with Crippen molar-refractivity contribution in [3.8, 4) is 0 Å². The van der Waals surface area contributed by atoms with Gasteiger partial charge in [0.05, 0.1) is 5.69 Å². The van der Waals surface area contributed by atoms with Crippen molar-refractivity contribution in [2.45, 2.75) is 46.1 Å². The summed E-state index contributed by atoms with van der Waals surface area (Å²) in [4.78, 5) is 12.7. The van der Waals surface area contributed by atoms with Crippen LogP contribution in [0.1, 0.15) is 45.4 Å². The highest BCUT2D eigenvalue weighted by atomic mass is 32.1. The van der Waals surface area contributed by atoms with Crippen LogP contribution in [-0.2, 0) is 4.74 Å². The number of carbonyl (C=O) groups is 1. The predicted octanol–water partition coefficient (Wildman–Crippen LogP) is 4.22. The summed E-state index contributed by atoms with van der Waals surface area (Å²) in [6.45, 7) is 9.80. The second-order valence-corrected chi connectivity index (χ2v) is 5.96. The van der Waals surface area contributed by atoms with Gasteiger partial charge in [-0.25, -0.2) is 4.79 Å². The van der Waals surface area contributed by atoms with Gasteiger partial charge in [0.2, 0.25) is 0 Å². The molecule has 1 heterocycles. The zero-order valence-corrected chi connectivity index (χ0v) is 11.3. The molecule has 0 saturated carbocycles. The summed E-state index contributed by atoms with van der Waals surface area (Å²) in [7, 11) is 0. The van der Waals surface area contributed by atoms with Gasteiger partial charge in [-0.3, -0.25) is 5.32 Å². The highest BCUT2D eigenvalue weighted by Gasteiger charge is 2.16. The van der Waals surface area contributed by atoms with Crippen LogP contribution in [0.2, 0.25) is 0 Å². The molecular formula is C12H19NO2S. The highest BCUT2D eigenvalue weighted by molar-refractivity contribution is 7.10. The Balaban J connectivity index is 2.57. The molecular weight excluding hydrogens is 222 g/mol. The van der Waals surface area contributed by atoms with Crippen LogP contribution in [0.4, 0.5) is 10.5 Å². The van der Waals surface area contributed by atoms with Crippen LogP contribution >= 0.6 is 11.3 Å². The van der Waals surface area contributed by atoms with Crippen LogP contribution in [-0.4, -0.2) is 11.7 Å². The molecule has 0 saturated heterocycles. The lowest BCUT2D eigenvalue weighted by Crippen LogP contribution is -2.27. The fourth-order valence-electron chi connectivity index (χ4n) is 1.14. The maximum atomic E-state index is 11.5. The molecule has 0 aromatic carbocycles. The fourth-order valence-corrected chi connectivity index (χ4v) is 2.00. The lowest BCUT2D eigenvalue weighted by molar-refractivity contribution is 0.0636. The number of amides is 1. The molecule has 0 aliphatic carbocycles. The van der Waals surface area contributed by atoms with E-state index in [-0.39, 0.29) is 0 Å². The average molecular weight is 241 g/mol. The Morgan fingerprint density at radius 2 is 2.06 bits per heavy atom. The van der Waals surface area contributed by atoms with Crippen molar-refractivity contribution >= 4 is 23.1 Å². The summed E-state index contributed by atoms with van der Waals surface area (Å²) in [5.74, 6) is 0.485. The summed E-state index contributed by atoms with van der Waals surface area (Å²) in [5.41, 5.74) is 0.351. The second-order valence-electron chi connectivity index (χ2n) is 5.02. The lowest BCUT2D eigenvalue weighted by Gasteiger charge is -2.19. The first kappa shape index (κ1) is 13.0. The van der Waals surface area contributed by atoms with E-state index in [1.54, 1.807) is 11.3 Å². The first-order valence-electron chi connectivity index (χ1n) is 5.36. The SMILES string of the molecule is CC(C)c1cc(NC(=O)OC(C)(C)C)cs1. The molecule has 0 atom stereocenters. The molecule has 0 aliphatic rings. The first-order chi connectivity index (χ1) is 7.28. The van der Waals surface area contributed by atoms with E-state index in [0.29, 0.717) is 5.92 Å². The van der Waals surface area contributed by atoms with Gasteiger partial charge in [-0.15, -0.1) is 11.3 Å². The molecule has 1 aromatic heterocycles. The minimum absolute atomic E-state index is 0.402. The molecule has 4 heteroatoms. The normalized spacial score (nSPS) is 11.6. The smallest absolute Gasteiger partial charge is 0.412 e. The van der Waals surface area contributed by atoms with E-state index >= 15 is 0 Å². The third-order valence-electron chi connectivity index (χ3n) is 1.83. The van der Waals surface area contributed by atoms with Gasteiger partial charge in [-0.05, 0) is 32.8 Å². The summed E-state index contributed by atoms with van der Waals surface area (Å²) in [6.07, 6.45) is -0.402. The fraction of sp³-hybridized carbons (Fsp3) is 0.583. The van der Waals surface area contributed by atoms with Gasteiger partial charge in [-0.1, -0.05) is 13.8 Å². The standard InChI is InChI=1S/C12H19NO2S/c1-8(2)10-6-9(7-16-10)13-11(14)15-12(3,4)5/h6-8H,1-5H3,(H,13,14). The van der Waals surface area contributed by atoms with Crippen molar-refractivity contribution in [1.82, 2.24) is 0 Å². The average Bonchev–Trinajstić information content (AvgIpc) is 2.48. The topological polar surface area (TPSA) is 38.3 Å². The number of ether oxygens (including phenoxy) is 1. The maximum absolute atomic E-state index is 11.5. The molecule has 3 nitrogen and oxygen atoms in total. The molecule has 90 valence electrons. The van der Waals surface area contributed by atoms with Crippen molar-refractivity contribution < 1.29 is 9.53 Å². The van der Waals surface area contributed by atoms with Crippen molar-refractivity contribution in [3.63, 3.8) is 0 Å². The largest absolute Gasteiger partial charge is 0.444 e. The van der Waals surface area contributed by atoms with E-state index in [0.717, 1.165) is 5.69 Å². The Bertz CT molecular complexity index is 363. The number of nitrogens with one attached hydrogen (secondary N) is 1. The van der Waals surface area contributed by atoms with Crippen LogP contribution in [0.3, 0.4) is 0 Å². The number of hydrogen-bond donors (Lipinski definition) is 1. The van der Waals surface area contributed by atoms with Gasteiger partial charge < -0.3 is 4.74 Å². The van der Waals surface area contributed by atoms with Gasteiger partial charge in [0, 0.05) is 10.3 Å². The molecule has 0 radical (unpaired) electrons. The van der Waals surface area contributed by atoms with E-state index in [2.05, 4.69) is 19.2 Å². The summed E-state index contributed by atoms with van der Waals surface area (Å²) < 4.78 is 5.17. The van der Waals surface area contributed by atoms with Crippen molar-refractivity contribution in [1.29, 1.82) is 0 Å². The summed E-state index contributed by atoms with van der Waals surface area (Å²) in [5, 5.41) is 4.65. The van der Waals surface area contributed by atoms with Crippen LogP contribution in [0.25, 0.3) is 0 Å². The van der Waals surface area contributed by atoms with Gasteiger partial charge in [0.25, 0.3) is 0 Å². The minimum atomic E-state index is -0.457. The van der Waals surface area contributed by atoms with Crippen LogP contribution < -0.4 is 5.32 Å². The third-order valence-corrected chi connectivity index (χ3v) is 3.07. The van der Waals surface area contributed by atoms with Gasteiger partial charge in [0.15, 0.2) is 0 Å². The van der Waals surface area contributed by atoms with Crippen molar-refractivity contribution in [2.75, 3.05) is 5.32 Å². The van der Waals surface area contributed by atoms with Gasteiger partial charge in [0.1, 0.15) is 5.60 Å².